The van der Waals surface area contributed by atoms with Crippen LogP contribution in [0, 0.1) is 0 Å². The molecular formula is C21H24BNO6. The van der Waals surface area contributed by atoms with Gasteiger partial charge in [0.1, 0.15) is 11.8 Å². The molecule has 1 heterocycles. The van der Waals surface area contributed by atoms with Crippen LogP contribution in [-0.4, -0.2) is 34.6 Å². The molecule has 3 rings (SSSR count). The van der Waals surface area contributed by atoms with Gasteiger partial charge in [-0.3, -0.25) is 4.79 Å². The van der Waals surface area contributed by atoms with E-state index < -0.39 is 19.2 Å². The van der Waals surface area contributed by atoms with Crippen LogP contribution in [0.15, 0.2) is 59.2 Å². The molecule has 0 unspecified atom stereocenters. The lowest BCUT2D eigenvalue weighted by molar-refractivity contribution is -0.123. The number of amides is 1. The Labute approximate surface area is 169 Å². The van der Waals surface area contributed by atoms with Crippen LogP contribution < -0.4 is 5.32 Å². The van der Waals surface area contributed by atoms with Gasteiger partial charge in [0.25, 0.3) is 0 Å². The summed E-state index contributed by atoms with van der Waals surface area (Å²) in [5.74, 6) is -0.334. The molecule has 0 fully saturated rings. The number of carbonyl (C=O) groups excluding carboxylic acids is 1. The summed E-state index contributed by atoms with van der Waals surface area (Å²) in [6.07, 6.45) is 0.906. The first-order valence-corrected chi connectivity index (χ1v) is 9.30. The second kappa shape index (κ2) is 8.79. The topological polar surface area (TPSA) is 112 Å². The molecule has 0 spiro atoms. The Morgan fingerprint density at radius 1 is 1.17 bits per heavy atom. The molecule has 4 N–H and O–H groups in total. The van der Waals surface area contributed by atoms with Crippen molar-refractivity contribution in [3.05, 3.63) is 71.5 Å². The summed E-state index contributed by atoms with van der Waals surface area (Å²) in [7, 11) is -2.02. The maximum atomic E-state index is 12.5. The van der Waals surface area contributed by atoms with Crippen molar-refractivity contribution in [2.24, 2.45) is 0 Å². The molecule has 7 nitrogen and oxygen atoms in total. The number of carbonyl (C=O) groups is 1. The Bertz CT molecular complexity index is 961. The molecule has 1 amide bonds. The Balaban J connectivity index is 1.67. The predicted molar refractivity (Wildman–Crippen MR) is 109 cm³/mol. The third-order valence-electron chi connectivity index (χ3n) is 4.60. The van der Waals surface area contributed by atoms with Crippen LogP contribution in [0.5, 0.6) is 0 Å². The maximum absolute atomic E-state index is 12.5. The van der Waals surface area contributed by atoms with E-state index >= 15 is 0 Å². The third kappa shape index (κ3) is 5.68. The second-order valence-electron chi connectivity index (χ2n) is 7.41. The molecule has 0 aliphatic carbocycles. The monoisotopic (exact) mass is 397 g/mol. The van der Waals surface area contributed by atoms with Gasteiger partial charge in [-0.05, 0) is 31.0 Å². The van der Waals surface area contributed by atoms with Gasteiger partial charge in [0.2, 0.25) is 5.91 Å². The molecule has 0 bridgehead atoms. The minimum Gasteiger partial charge on any atom is -0.464 e. The summed E-state index contributed by atoms with van der Waals surface area (Å²) >= 11 is 0. The Hall–Kier alpha value is -2.65. The van der Waals surface area contributed by atoms with Gasteiger partial charge in [-0.2, -0.15) is 0 Å². The van der Waals surface area contributed by atoms with Gasteiger partial charge >= 0.3 is 7.32 Å². The fraction of sp³-hybridized carbons (Fsp3) is 0.286. The average molecular weight is 397 g/mol. The molecule has 3 aromatic rings. The van der Waals surface area contributed by atoms with E-state index in [4.69, 9.17) is 9.07 Å². The smallest absolute Gasteiger partial charge is 0.464 e. The summed E-state index contributed by atoms with van der Waals surface area (Å²) < 4.78 is 10.5. The van der Waals surface area contributed by atoms with Gasteiger partial charge in [-0.1, -0.05) is 42.5 Å². The first-order chi connectivity index (χ1) is 13.7. The summed E-state index contributed by atoms with van der Waals surface area (Å²) in [6.45, 7) is 3.38. The van der Waals surface area contributed by atoms with Crippen LogP contribution in [0.1, 0.15) is 30.5 Å². The zero-order valence-corrected chi connectivity index (χ0v) is 16.3. The molecular weight excluding hydrogens is 373 g/mol. The highest BCUT2D eigenvalue weighted by atomic mass is 16.6. The van der Waals surface area contributed by atoms with E-state index in [1.165, 1.54) is 0 Å². The van der Waals surface area contributed by atoms with Gasteiger partial charge in [-0.15, -0.1) is 0 Å². The lowest BCUT2D eigenvalue weighted by atomic mass is 9.97. The number of furan rings is 1. The minimum atomic E-state index is -2.02. The standard InChI is InChI=1S/C21H24BNO6/c1-21(2,25)16-9-7-14(8-10-16)11-19(24)23-20(29-22(26)27)12-15-13-28-18-6-4-3-5-17(15)18/h3-10,13,20,25-27H,11-12H2,1-2H3,(H,23,24)/t20-/m1/s1. The second-order valence-corrected chi connectivity index (χ2v) is 7.41. The van der Waals surface area contributed by atoms with Crippen molar-refractivity contribution in [3.63, 3.8) is 0 Å². The molecule has 0 saturated heterocycles. The van der Waals surface area contributed by atoms with E-state index in [1.807, 2.05) is 24.3 Å². The van der Waals surface area contributed by atoms with E-state index in [9.17, 15) is 19.9 Å². The van der Waals surface area contributed by atoms with Crippen molar-refractivity contribution in [2.75, 3.05) is 0 Å². The zero-order valence-electron chi connectivity index (χ0n) is 16.3. The fourth-order valence-electron chi connectivity index (χ4n) is 3.12. The minimum absolute atomic E-state index is 0.0830. The van der Waals surface area contributed by atoms with Crippen molar-refractivity contribution in [3.8, 4) is 0 Å². The molecule has 0 saturated carbocycles. The van der Waals surface area contributed by atoms with Gasteiger partial charge in [-0.25, -0.2) is 0 Å². The summed E-state index contributed by atoms with van der Waals surface area (Å²) in [6, 6.07) is 14.5. The van der Waals surface area contributed by atoms with Gasteiger partial charge in [0, 0.05) is 17.4 Å². The number of nitrogens with one attached hydrogen (secondary N) is 1. The largest absolute Gasteiger partial charge is 0.635 e. The highest BCUT2D eigenvalue weighted by Crippen LogP contribution is 2.22. The number of hydrogen-bond acceptors (Lipinski definition) is 6. The Morgan fingerprint density at radius 2 is 1.86 bits per heavy atom. The highest BCUT2D eigenvalue weighted by Gasteiger charge is 2.22. The number of fused-ring (bicyclic) bond motifs is 1. The van der Waals surface area contributed by atoms with Crippen LogP contribution in [0.25, 0.3) is 11.0 Å². The zero-order chi connectivity index (χ0) is 21.0. The average Bonchev–Trinajstić information content (AvgIpc) is 3.04. The summed E-state index contributed by atoms with van der Waals surface area (Å²) in [5.41, 5.74) is 2.03. The summed E-state index contributed by atoms with van der Waals surface area (Å²) in [5, 5.41) is 32.0. The molecule has 0 radical (unpaired) electrons. The number of rotatable bonds is 8. The molecule has 1 atom stereocenters. The molecule has 8 heteroatoms. The molecule has 0 aliphatic rings. The first-order valence-electron chi connectivity index (χ1n) is 9.30. The van der Waals surface area contributed by atoms with Crippen LogP contribution in [0.3, 0.4) is 0 Å². The van der Waals surface area contributed by atoms with Gasteiger partial charge < -0.3 is 29.5 Å². The molecule has 0 aliphatic heterocycles. The molecule has 29 heavy (non-hydrogen) atoms. The van der Waals surface area contributed by atoms with E-state index in [1.54, 1.807) is 44.4 Å². The fourth-order valence-corrected chi connectivity index (χ4v) is 3.12. The maximum Gasteiger partial charge on any atom is 0.635 e. The Kier molecular flexibility index (Phi) is 6.39. The number of hydrogen-bond donors (Lipinski definition) is 4. The van der Waals surface area contributed by atoms with Crippen molar-refractivity contribution >= 4 is 24.2 Å². The van der Waals surface area contributed by atoms with Crippen molar-refractivity contribution < 1.29 is 29.0 Å². The molecule has 2 aromatic carbocycles. The van der Waals surface area contributed by atoms with Crippen LogP contribution in [0.4, 0.5) is 0 Å². The quantitative estimate of drug-likeness (QED) is 0.341. The number of benzene rings is 2. The first kappa shape index (κ1) is 21.1. The third-order valence-corrected chi connectivity index (χ3v) is 4.60. The van der Waals surface area contributed by atoms with E-state index in [0.717, 1.165) is 22.1 Å². The Morgan fingerprint density at radius 3 is 2.52 bits per heavy atom. The number of aliphatic hydroxyl groups is 1. The van der Waals surface area contributed by atoms with Gasteiger partial charge in [0.15, 0.2) is 0 Å². The van der Waals surface area contributed by atoms with Crippen LogP contribution in [0.2, 0.25) is 0 Å². The number of para-hydroxylation sites is 1. The predicted octanol–water partition coefficient (Wildman–Crippen LogP) is 1.87. The van der Waals surface area contributed by atoms with Crippen molar-refractivity contribution in [1.29, 1.82) is 0 Å². The van der Waals surface area contributed by atoms with Crippen molar-refractivity contribution in [2.45, 2.75) is 38.5 Å². The van der Waals surface area contributed by atoms with Gasteiger partial charge in [0.05, 0.1) is 18.3 Å². The lowest BCUT2D eigenvalue weighted by Gasteiger charge is -2.20. The van der Waals surface area contributed by atoms with E-state index in [-0.39, 0.29) is 18.7 Å². The van der Waals surface area contributed by atoms with Crippen LogP contribution >= 0.6 is 0 Å². The highest BCUT2D eigenvalue weighted by molar-refractivity contribution is 6.32. The normalized spacial score (nSPS) is 12.7. The summed E-state index contributed by atoms with van der Waals surface area (Å²) in [4.78, 5) is 12.5. The lowest BCUT2D eigenvalue weighted by Crippen LogP contribution is -2.43. The molecule has 1 aromatic heterocycles. The van der Waals surface area contributed by atoms with E-state index in [0.29, 0.717) is 5.58 Å². The van der Waals surface area contributed by atoms with E-state index in [2.05, 4.69) is 5.32 Å². The van der Waals surface area contributed by atoms with Crippen LogP contribution in [-0.2, 0) is 27.9 Å². The van der Waals surface area contributed by atoms with Crippen molar-refractivity contribution in [1.82, 2.24) is 5.32 Å². The SMILES string of the molecule is CC(C)(O)c1ccc(CC(=O)N[C@@H](Cc2coc3ccccc23)OB(O)O)cc1. The molecule has 152 valence electrons.